The summed E-state index contributed by atoms with van der Waals surface area (Å²) in [6.07, 6.45) is -4.25. The molecule has 1 unspecified atom stereocenters. The van der Waals surface area contributed by atoms with Gasteiger partial charge in [-0.25, -0.2) is 4.79 Å². The van der Waals surface area contributed by atoms with E-state index >= 15 is 0 Å². The second-order valence-electron chi connectivity index (χ2n) is 4.25. The molecule has 1 aromatic heterocycles. The number of halogens is 1. The van der Waals surface area contributed by atoms with E-state index in [1.54, 1.807) is 4.98 Å². The molecule has 0 aromatic carbocycles. The van der Waals surface area contributed by atoms with E-state index in [0.29, 0.717) is 6.20 Å². The minimum absolute atomic E-state index is 0.178. The summed E-state index contributed by atoms with van der Waals surface area (Å²) in [6.45, 7) is -0.574. The molecule has 1 aliphatic rings. The van der Waals surface area contributed by atoms with Gasteiger partial charge in [0.1, 0.15) is 18.4 Å². The third-order valence-corrected chi connectivity index (χ3v) is 2.96. The van der Waals surface area contributed by atoms with Crippen molar-refractivity contribution in [3.8, 4) is 0 Å². The molecule has 2 rings (SSSR count). The summed E-state index contributed by atoms with van der Waals surface area (Å²) in [6, 6.07) is 0. The molecular weight excluding hydrogens is 263 g/mol. The molecule has 0 spiro atoms. The van der Waals surface area contributed by atoms with Gasteiger partial charge in [-0.15, -0.1) is 0 Å². The van der Waals surface area contributed by atoms with Gasteiger partial charge in [-0.1, -0.05) is 0 Å². The van der Waals surface area contributed by atoms with Crippen molar-refractivity contribution in [3.63, 3.8) is 0 Å². The van der Waals surface area contributed by atoms with E-state index in [0.717, 1.165) is 4.57 Å². The van der Waals surface area contributed by atoms with Crippen LogP contribution < -0.4 is 11.2 Å². The number of ether oxygens (including phenoxy) is 1. The van der Waals surface area contributed by atoms with Crippen LogP contribution in [-0.2, 0) is 4.74 Å². The van der Waals surface area contributed by atoms with Crippen LogP contribution in [0.3, 0.4) is 0 Å². The van der Waals surface area contributed by atoms with Gasteiger partial charge in [0.15, 0.2) is 0 Å². The van der Waals surface area contributed by atoms with Crippen LogP contribution in [0.2, 0.25) is 0 Å². The van der Waals surface area contributed by atoms with Crippen molar-refractivity contribution in [2.45, 2.75) is 31.0 Å². The minimum Gasteiger partial charge on any atom is -0.394 e. The molecule has 8 nitrogen and oxygen atoms in total. The fourth-order valence-corrected chi connectivity index (χ4v) is 1.94. The summed E-state index contributed by atoms with van der Waals surface area (Å²) < 4.78 is 19.1. The predicted octanol–water partition coefficient (Wildman–Crippen LogP) is -2.32. The monoisotopic (exact) mass is 276 g/mol. The van der Waals surface area contributed by atoms with E-state index in [4.69, 9.17) is 9.84 Å². The highest BCUT2D eigenvalue weighted by atomic mass is 19.1. The number of aromatic amines is 1. The summed E-state index contributed by atoms with van der Waals surface area (Å²) in [5, 5.41) is 28.1. The van der Waals surface area contributed by atoms with Crippen LogP contribution in [0.15, 0.2) is 15.8 Å². The first-order valence-corrected chi connectivity index (χ1v) is 5.57. The molecule has 2 heterocycles. The van der Waals surface area contributed by atoms with Crippen LogP contribution in [0.25, 0.3) is 0 Å². The molecule has 9 heteroatoms. The molecule has 4 atom stereocenters. The van der Waals surface area contributed by atoms with Gasteiger partial charge < -0.3 is 20.1 Å². The van der Waals surface area contributed by atoms with Crippen molar-refractivity contribution in [2.24, 2.45) is 0 Å². The van der Waals surface area contributed by atoms with Gasteiger partial charge in [0.25, 0.3) is 5.56 Å². The van der Waals surface area contributed by atoms with Gasteiger partial charge in [0, 0.05) is 6.42 Å². The van der Waals surface area contributed by atoms with Crippen LogP contribution in [-0.4, -0.2) is 49.8 Å². The number of hydrogen-bond acceptors (Lipinski definition) is 6. The number of hydrogen-bond donors (Lipinski definition) is 4. The zero-order chi connectivity index (χ0) is 14.2. The molecule has 1 aromatic rings. The van der Waals surface area contributed by atoms with Gasteiger partial charge in [0.2, 0.25) is 5.82 Å². The topological polar surface area (TPSA) is 125 Å². The number of rotatable bonds is 2. The van der Waals surface area contributed by atoms with Gasteiger partial charge in [-0.05, 0) is 0 Å². The first-order valence-electron chi connectivity index (χ1n) is 5.57. The molecule has 4 N–H and O–H groups in total. The highest BCUT2D eigenvalue weighted by Crippen LogP contribution is 2.26. The number of aliphatic hydroxyl groups excluding tert-OH is 3. The highest BCUT2D eigenvalue weighted by molar-refractivity contribution is 4.91. The largest absolute Gasteiger partial charge is 0.394 e. The zero-order valence-electron chi connectivity index (χ0n) is 9.69. The van der Waals surface area contributed by atoms with Crippen LogP contribution in [0, 0.1) is 5.82 Å². The second-order valence-corrected chi connectivity index (χ2v) is 4.25. The summed E-state index contributed by atoms with van der Waals surface area (Å²) >= 11 is 0. The number of nitrogens with one attached hydrogen (secondary N) is 1. The molecule has 0 aliphatic carbocycles. The maximum Gasteiger partial charge on any atom is 0.330 e. The van der Waals surface area contributed by atoms with E-state index in [9.17, 15) is 24.2 Å². The molecule has 0 bridgehead atoms. The van der Waals surface area contributed by atoms with Crippen molar-refractivity contribution in [1.29, 1.82) is 0 Å². The molecule has 1 saturated heterocycles. The minimum atomic E-state index is -1.30. The Morgan fingerprint density at radius 3 is 2.79 bits per heavy atom. The summed E-state index contributed by atoms with van der Waals surface area (Å²) in [5.41, 5.74) is -2.06. The van der Waals surface area contributed by atoms with E-state index in [1.807, 2.05) is 0 Å². The Morgan fingerprint density at radius 2 is 2.16 bits per heavy atom. The van der Waals surface area contributed by atoms with E-state index in [1.165, 1.54) is 0 Å². The lowest BCUT2D eigenvalue weighted by molar-refractivity contribution is -0.202. The molecule has 0 saturated carbocycles. The smallest absolute Gasteiger partial charge is 0.330 e. The molecule has 0 radical (unpaired) electrons. The highest BCUT2D eigenvalue weighted by Gasteiger charge is 2.37. The van der Waals surface area contributed by atoms with Crippen molar-refractivity contribution in [3.05, 3.63) is 32.9 Å². The molecule has 19 heavy (non-hydrogen) atoms. The number of H-pyrrole nitrogens is 1. The Hall–Kier alpha value is -1.55. The summed E-state index contributed by atoms with van der Waals surface area (Å²) in [7, 11) is 0. The van der Waals surface area contributed by atoms with Crippen LogP contribution in [0.5, 0.6) is 0 Å². The molecule has 0 amide bonds. The van der Waals surface area contributed by atoms with Gasteiger partial charge in [-0.2, -0.15) is 4.39 Å². The predicted molar refractivity (Wildman–Crippen MR) is 58.9 cm³/mol. The molecule has 1 aliphatic heterocycles. The Balaban J connectivity index is 2.35. The SMILES string of the molecule is O=c1[nH]c(=O)n(C2C[C@@H](O)[C@H](O)[C@@H](CO)O2)cc1F. The number of nitrogens with zero attached hydrogens (tertiary/aromatic N) is 1. The van der Waals surface area contributed by atoms with E-state index in [2.05, 4.69) is 0 Å². The van der Waals surface area contributed by atoms with E-state index < -0.39 is 48.2 Å². The second kappa shape index (κ2) is 5.21. The third kappa shape index (κ3) is 2.59. The number of aromatic nitrogens is 2. The average molecular weight is 276 g/mol. The summed E-state index contributed by atoms with van der Waals surface area (Å²) in [5.74, 6) is -1.18. The maximum atomic E-state index is 13.1. The normalized spacial score (nSPS) is 31.4. The van der Waals surface area contributed by atoms with E-state index in [-0.39, 0.29) is 6.42 Å². The quantitative estimate of drug-likeness (QED) is 0.480. The maximum absolute atomic E-state index is 13.1. The van der Waals surface area contributed by atoms with Crippen LogP contribution in [0.1, 0.15) is 12.6 Å². The standard InChI is InChI=1S/C10H13FN2O6/c11-4-2-13(10(18)12-9(4)17)7-1-5(15)8(16)6(3-14)19-7/h2,5-8,14-16H,1,3H2,(H,12,17,18)/t5-,6-,7?,8+/m1/s1. The van der Waals surface area contributed by atoms with Crippen LogP contribution in [0.4, 0.5) is 4.39 Å². The van der Waals surface area contributed by atoms with Crippen molar-refractivity contribution in [2.75, 3.05) is 6.61 Å². The van der Waals surface area contributed by atoms with Crippen molar-refractivity contribution < 1.29 is 24.4 Å². The lowest BCUT2D eigenvalue weighted by Crippen LogP contribution is -2.50. The molecular formula is C10H13FN2O6. The molecule has 1 fully saturated rings. The van der Waals surface area contributed by atoms with Gasteiger partial charge in [-0.3, -0.25) is 14.3 Å². The first-order chi connectivity index (χ1) is 8.93. The Labute approximate surface area is 105 Å². The van der Waals surface area contributed by atoms with Gasteiger partial charge in [0.05, 0.1) is 18.9 Å². The Kier molecular flexibility index (Phi) is 3.80. The van der Waals surface area contributed by atoms with Crippen molar-refractivity contribution >= 4 is 0 Å². The third-order valence-electron chi connectivity index (χ3n) is 2.96. The summed E-state index contributed by atoms with van der Waals surface area (Å²) in [4.78, 5) is 24.2. The Morgan fingerprint density at radius 1 is 1.47 bits per heavy atom. The fraction of sp³-hybridized carbons (Fsp3) is 0.600. The average Bonchev–Trinajstić information content (AvgIpc) is 2.37. The molecule has 106 valence electrons. The van der Waals surface area contributed by atoms with Crippen molar-refractivity contribution in [1.82, 2.24) is 9.55 Å². The first kappa shape index (κ1) is 13.9. The van der Waals surface area contributed by atoms with Crippen LogP contribution >= 0.6 is 0 Å². The Bertz CT molecular complexity index is 570. The zero-order valence-corrected chi connectivity index (χ0v) is 9.69. The lowest BCUT2D eigenvalue weighted by atomic mass is 10.0. The fourth-order valence-electron chi connectivity index (χ4n) is 1.94. The lowest BCUT2D eigenvalue weighted by Gasteiger charge is -2.36. The number of aliphatic hydroxyl groups is 3. The van der Waals surface area contributed by atoms with Gasteiger partial charge >= 0.3 is 5.69 Å².